The van der Waals surface area contributed by atoms with Gasteiger partial charge >= 0.3 is 0 Å². The lowest BCUT2D eigenvalue weighted by molar-refractivity contribution is 0.0995. The fraction of sp³-hybridized carbons (Fsp3) is 0.0714. The van der Waals surface area contributed by atoms with Gasteiger partial charge in [0.25, 0.3) is 5.91 Å². The molecule has 0 spiro atoms. The fourth-order valence-corrected chi connectivity index (χ4v) is 2.40. The predicted octanol–water partition coefficient (Wildman–Crippen LogP) is 3.72. The van der Waals surface area contributed by atoms with Gasteiger partial charge in [-0.2, -0.15) is 0 Å². The third kappa shape index (κ3) is 2.90. The van der Waals surface area contributed by atoms with Crippen molar-refractivity contribution in [2.24, 2.45) is 5.73 Å². The summed E-state index contributed by atoms with van der Waals surface area (Å²) in [7, 11) is 0. The van der Waals surface area contributed by atoms with Crippen LogP contribution in [0, 0.1) is 22.1 Å². The predicted molar refractivity (Wildman–Crippen MR) is 82.1 cm³/mol. The van der Waals surface area contributed by atoms with Crippen molar-refractivity contribution in [3.63, 3.8) is 0 Å². The molecule has 20 heavy (non-hydrogen) atoms. The second kappa shape index (κ2) is 5.74. The molecule has 0 bridgehead atoms. The average Bonchev–Trinajstić information content (AvgIpc) is 2.37. The molecule has 0 fully saturated rings. The molecule has 3 nitrogen and oxygen atoms in total. The van der Waals surface area contributed by atoms with Crippen LogP contribution in [-0.4, -0.2) is 5.91 Å². The number of benzene rings is 2. The molecule has 2 aromatic rings. The van der Waals surface area contributed by atoms with Gasteiger partial charge in [0.15, 0.2) is 11.6 Å². The smallest absolute Gasteiger partial charge is 0.251 e. The van der Waals surface area contributed by atoms with E-state index >= 15 is 0 Å². The van der Waals surface area contributed by atoms with Crippen LogP contribution in [-0.2, 0) is 0 Å². The second-order valence-corrected chi connectivity index (χ2v) is 5.48. The summed E-state index contributed by atoms with van der Waals surface area (Å²) in [5, 5.41) is 2.80. The van der Waals surface area contributed by atoms with Crippen LogP contribution in [0.4, 0.5) is 20.2 Å². The van der Waals surface area contributed by atoms with Gasteiger partial charge in [0.1, 0.15) is 0 Å². The molecule has 0 atom stereocenters. The number of hydrogen-bond acceptors (Lipinski definition) is 2. The molecule has 104 valence electrons. The van der Waals surface area contributed by atoms with Gasteiger partial charge in [0.2, 0.25) is 0 Å². The van der Waals surface area contributed by atoms with E-state index in [9.17, 15) is 13.6 Å². The molecule has 0 heterocycles. The van der Waals surface area contributed by atoms with Crippen molar-refractivity contribution >= 4 is 39.9 Å². The molecule has 0 aliphatic rings. The maximum Gasteiger partial charge on any atom is 0.251 e. The molecule has 0 saturated heterocycles. The van der Waals surface area contributed by atoms with E-state index in [1.54, 1.807) is 6.07 Å². The van der Waals surface area contributed by atoms with E-state index in [1.165, 1.54) is 6.07 Å². The van der Waals surface area contributed by atoms with Gasteiger partial charge in [-0.3, -0.25) is 4.79 Å². The lowest BCUT2D eigenvalue weighted by Crippen LogP contribution is -2.14. The average molecular weight is 388 g/mol. The highest BCUT2D eigenvalue weighted by Gasteiger charge is 2.17. The Hall–Kier alpha value is -1.70. The lowest BCUT2D eigenvalue weighted by Gasteiger charge is -2.12. The zero-order valence-electron chi connectivity index (χ0n) is 10.5. The Bertz CT molecular complexity index is 689. The van der Waals surface area contributed by atoms with Crippen molar-refractivity contribution in [3.8, 4) is 0 Å². The van der Waals surface area contributed by atoms with E-state index in [1.807, 2.05) is 19.1 Å². The number of aryl methyl sites for hydroxylation is 1. The largest absolute Gasteiger partial charge is 0.366 e. The number of carbonyl (C=O) groups is 1. The van der Waals surface area contributed by atoms with Gasteiger partial charge in [-0.25, -0.2) is 8.78 Å². The molecule has 0 aromatic heterocycles. The Morgan fingerprint density at radius 1 is 1.15 bits per heavy atom. The standard InChI is InChI=1S/C14H11F2IN2O/c1-7-6-8(17)2-4-10(7)19-11-5-3-9(14(18)20)12(15)13(11)16/h2-6,19H,1H3,(H2,18,20). The zero-order chi connectivity index (χ0) is 14.9. The summed E-state index contributed by atoms with van der Waals surface area (Å²) >= 11 is 2.16. The highest BCUT2D eigenvalue weighted by Crippen LogP contribution is 2.26. The van der Waals surface area contributed by atoms with Crippen molar-refractivity contribution in [1.82, 2.24) is 0 Å². The van der Waals surface area contributed by atoms with Gasteiger partial charge in [0.05, 0.1) is 11.3 Å². The Morgan fingerprint density at radius 3 is 2.40 bits per heavy atom. The number of primary amides is 1. The minimum absolute atomic E-state index is 0.0446. The Balaban J connectivity index is 2.39. The maximum atomic E-state index is 13.9. The lowest BCUT2D eigenvalue weighted by atomic mass is 10.1. The van der Waals surface area contributed by atoms with Crippen LogP contribution in [0.3, 0.4) is 0 Å². The highest BCUT2D eigenvalue weighted by atomic mass is 127. The Morgan fingerprint density at radius 2 is 1.80 bits per heavy atom. The van der Waals surface area contributed by atoms with Gasteiger partial charge in [0, 0.05) is 9.26 Å². The van der Waals surface area contributed by atoms with Crippen molar-refractivity contribution in [1.29, 1.82) is 0 Å². The Labute approximate surface area is 128 Å². The van der Waals surface area contributed by atoms with E-state index in [2.05, 4.69) is 27.9 Å². The van der Waals surface area contributed by atoms with Crippen molar-refractivity contribution in [2.75, 3.05) is 5.32 Å². The Kier molecular flexibility index (Phi) is 4.22. The molecule has 0 aliphatic heterocycles. The van der Waals surface area contributed by atoms with Gasteiger partial charge in [-0.05, 0) is 65.4 Å². The summed E-state index contributed by atoms with van der Waals surface area (Å²) in [4.78, 5) is 10.9. The van der Waals surface area contributed by atoms with E-state index in [4.69, 9.17) is 5.73 Å². The topological polar surface area (TPSA) is 55.1 Å². The first-order valence-corrected chi connectivity index (χ1v) is 6.79. The first kappa shape index (κ1) is 14.7. The molecule has 0 saturated carbocycles. The van der Waals surface area contributed by atoms with Crippen LogP contribution in [0.1, 0.15) is 15.9 Å². The summed E-state index contributed by atoms with van der Waals surface area (Å²) in [6, 6.07) is 7.98. The molecule has 2 rings (SSSR count). The third-order valence-electron chi connectivity index (χ3n) is 2.81. The summed E-state index contributed by atoms with van der Waals surface area (Å²) in [6.45, 7) is 1.86. The summed E-state index contributed by atoms with van der Waals surface area (Å²) in [5.74, 6) is -3.37. The van der Waals surface area contributed by atoms with Crippen molar-refractivity contribution < 1.29 is 13.6 Å². The van der Waals surface area contributed by atoms with E-state index < -0.39 is 23.1 Å². The van der Waals surface area contributed by atoms with E-state index in [0.29, 0.717) is 5.69 Å². The fourth-order valence-electron chi connectivity index (χ4n) is 1.75. The summed E-state index contributed by atoms with van der Waals surface area (Å²) in [6.07, 6.45) is 0. The molecular formula is C14H11F2IN2O. The molecule has 3 N–H and O–H groups in total. The van der Waals surface area contributed by atoms with Crippen molar-refractivity contribution in [2.45, 2.75) is 6.92 Å². The molecular weight excluding hydrogens is 377 g/mol. The number of rotatable bonds is 3. The molecule has 1 amide bonds. The normalized spacial score (nSPS) is 10.4. The first-order valence-electron chi connectivity index (χ1n) is 5.71. The third-order valence-corrected chi connectivity index (χ3v) is 3.48. The molecule has 0 aliphatic carbocycles. The second-order valence-electron chi connectivity index (χ2n) is 4.24. The number of amides is 1. The monoisotopic (exact) mass is 388 g/mol. The van der Waals surface area contributed by atoms with E-state index in [-0.39, 0.29) is 5.69 Å². The number of anilines is 2. The minimum Gasteiger partial charge on any atom is -0.366 e. The summed E-state index contributed by atoms with van der Waals surface area (Å²) in [5.41, 5.74) is 6.01. The molecule has 6 heteroatoms. The minimum atomic E-state index is -1.24. The van der Waals surface area contributed by atoms with Crippen LogP contribution in [0.2, 0.25) is 0 Å². The van der Waals surface area contributed by atoms with Crippen LogP contribution in [0.25, 0.3) is 0 Å². The molecule has 2 aromatic carbocycles. The number of hydrogen-bond donors (Lipinski definition) is 2. The maximum absolute atomic E-state index is 13.9. The molecule has 0 unspecified atom stereocenters. The number of carbonyl (C=O) groups excluding carboxylic acids is 1. The van der Waals surface area contributed by atoms with Crippen LogP contribution >= 0.6 is 22.6 Å². The van der Waals surface area contributed by atoms with Crippen LogP contribution < -0.4 is 11.1 Å². The first-order chi connectivity index (χ1) is 9.40. The van der Waals surface area contributed by atoms with E-state index in [0.717, 1.165) is 15.2 Å². The quantitative estimate of drug-likeness (QED) is 0.788. The van der Waals surface area contributed by atoms with Crippen LogP contribution in [0.15, 0.2) is 30.3 Å². The number of halogens is 3. The number of nitrogens with one attached hydrogen (secondary N) is 1. The van der Waals surface area contributed by atoms with Gasteiger partial charge in [-0.1, -0.05) is 0 Å². The van der Waals surface area contributed by atoms with Gasteiger partial charge in [-0.15, -0.1) is 0 Å². The number of nitrogens with two attached hydrogens (primary N) is 1. The van der Waals surface area contributed by atoms with Crippen molar-refractivity contribution in [3.05, 3.63) is 56.7 Å². The highest BCUT2D eigenvalue weighted by molar-refractivity contribution is 14.1. The zero-order valence-corrected chi connectivity index (χ0v) is 12.7. The summed E-state index contributed by atoms with van der Waals surface area (Å²) < 4.78 is 28.6. The SMILES string of the molecule is Cc1cc(I)ccc1Nc1ccc(C(N)=O)c(F)c1F. The van der Waals surface area contributed by atoms with Crippen LogP contribution in [0.5, 0.6) is 0 Å². The molecule has 0 radical (unpaired) electrons. The van der Waals surface area contributed by atoms with Gasteiger partial charge < -0.3 is 11.1 Å².